The molecule has 2 aliphatic rings. The molecule has 0 spiro atoms. The van der Waals surface area contributed by atoms with Crippen LogP contribution in [0, 0.1) is 0 Å². The maximum absolute atomic E-state index is 5.32. The van der Waals surface area contributed by atoms with Gasteiger partial charge in [-0.3, -0.25) is 0 Å². The molecule has 0 aromatic heterocycles. The zero-order valence-electron chi connectivity index (χ0n) is 5.28. The highest BCUT2D eigenvalue weighted by Gasteiger charge is 2.16. The number of aliphatic imine (C=N–C) groups is 3. The van der Waals surface area contributed by atoms with E-state index >= 15 is 0 Å². The summed E-state index contributed by atoms with van der Waals surface area (Å²) < 4.78 is 0. The van der Waals surface area contributed by atoms with Gasteiger partial charge in [0.25, 0.3) is 0 Å². The van der Waals surface area contributed by atoms with Crippen molar-refractivity contribution >= 4 is 17.4 Å². The zero-order chi connectivity index (χ0) is 6.97. The van der Waals surface area contributed by atoms with Crippen LogP contribution < -0.4 is 5.73 Å². The van der Waals surface area contributed by atoms with Crippen LogP contribution in [0.5, 0.6) is 0 Å². The topological polar surface area (TPSA) is 63.1 Å². The molecule has 0 bridgehead atoms. The highest BCUT2D eigenvalue weighted by atomic mass is 15.1. The van der Waals surface area contributed by atoms with E-state index in [1.165, 1.54) is 0 Å². The first-order valence-electron chi connectivity index (χ1n) is 3.01. The first-order valence-corrected chi connectivity index (χ1v) is 3.01. The van der Waals surface area contributed by atoms with Crippen LogP contribution >= 0.6 is 0 Å². The number of nitrogens with two attached hydrogens (primary N) is 1. The Balaban J connectivity index is 2.38. The van der Waals surface area contributed by atoms with Crippen LogP contribution in [0.25, 0.3) is 0 Å². The van der Waals surface area contributed by atoms with E-state index in [2.05, 4.69) is 15.0 Å². The SMILES string of the molecule is NCC1=NC2=NC=CC2=N1. The van der Waals surface area contributed by atoms with E-state index in [-0.39, 0.29) is 0 Å². The summed E-state index contributed by atoms with van der Waals surface area (Å²) in [5, 5.41) is 0. The molecule has 0 aromatic rings. The first-order chi connectivity index (χ1) is 4.90. The Bertz CT molecular complexity index is 282. The van der Waals surface area contributed by atoms with Gasteiger partial charge in [-0.2, -0.15) is 0 Å². The van der Waals surface area contributed by atoms with Crippen molar-refractivity contribution in [2.75, 3.05) is 6.54 Å². The smallest absolute Gasteiger partial charge is 0.180 e. The standard InChI is InChI=1S/C6H6N4/c7-3-5-9-4-1-2-8-6(4)10-5/h1-2H,3,7H2. The van der Waals surface area contributed by atoms with E-state index in [1.54, 1.807) is 6.20 Å². The lowest BCUT2D eigenvalue weighted by Gasteiger charge is -1.83. The minimum atomic E-state index is 0.385. The lowest BCUT2D eigenvalue weighted by atomic mass is 10.4. The van der Waals surface area contributed by atoms with Gasteiger partial charge in [0.2, 0.25) is 0 Å². The van der Waals surface area contributed by atoms with E-state index < -0.39 is 0 Å². The molecular formula is C6H6N4. The van der Waals surface area contributed by atoms with Crippen LogP contribution in [0.1, 0.15) is 0 Å². The summed E-state index contributed by atoms with van der Waals surface area (Å²) in [7, 11) is 0. The van der Waals surface area contributed by atoms with Gasteiger partial charge >= 0.3 is 0 Å². The quantitative estimate of drug-likeness (QED) is 0.527. The molecule has 2 rings (SSSR count). The Morgan fingerprint density at radius 3 is 3.00 bits per heavy atom. The van der Waals surface area contributed by atoms with Crippen molar-refractivity contribution in [3.8, 4) is 0 Å². The first kappa shape index (κ1) is 5.49. The van der Waals surface area contributed by atoms with Gasteiger partial charge in [0.1, 0.15) is 11.5 Å². The van der Waals surface area contributed by atoms with Gasteiger partial charge in [0.05, 0.1) is 6.54 Å². The summed E-state index contributed by atoms with van der Waals surface area (Å²) in [5.41, 5.74) is 6.15. The molecule has 2 aliphatic heterocycles. The van der Waals surface area contributed by atoms with Crippen LogP contribution in [0.15, 0.2) is 27.3 Å². The summed E-state index contributed by atoms with van der Waals surface area (Å²) in [5.74, 6) is 1.36. The summed E-state index contributed by atoms with van der Waals surface area (Å²) in [4.78, 5) is 12.1. The molecule has 10 heavy (non-hydrogen) atoms. The van der Waals surface area contributed by atoms with Crippen LogP contribution in [-0.2, 0) is 0 Å². The fourth-order valence-corrected chi connectivity index (χ4v) is 0.870. The molecule has 2 heterocycles. The van der Waals surface area contributed by atoms with E-state index in [9.17, 15) is 0 Å². The van der Waals surface area contributed by atoms with E-state index in [0.29, 0.717) is 18.2 Å². The van der Waals surface area contributed by atoms with Crippen molar-refractivity contribution < 1.29 is 0 Å². The minimum Gasteiger partial charge on any atom is -0.324 e. The summed E-state index contributed by atoms with van der Waals surface area (Å²) in [6, 6.07) is 0. The van der Waals surface area contributed by atoms with Crippen molar-refractivity contribution in [1.29, 1.82) is 0 Å². The van der Waals surface area contributed by atoms with Gasteiger partial charge < -0.3 is 5.73 Å². The molecule has 0 saturated carbocycles. The third kappa shape index (κ3) is 0.625. The molecule has 0 aliphatic carbocycles. The van der Waals surface area contributed by atoms with E-state index in [0.717, 1.165) is 5.71 Å². The van der Waals surface area contributed by atoms with E-state index in [1.807, 2.05) is 6.08 Å². The molecule has 0 unspecified atom stereocenters. The predicted molar refractivity (Wildman–Crippen MR) is 40.5 cm³/mol. The van der Waals surface area contributed by atoms with Gasteiger partial charge in [-0.25, -0.2) is 15.0 Å². The molecule has 0 aromatic carbocycles. The van der Waals surface area contributed by atoms with Crippen LogP contribution in [0.2, 0.25) is 0 Å². The number of nitrogens with zero attached hydrogens (tertiary/aromatic N) is 3. The molecule has 0 radical (unpaired) electrons. The fourth-order valence-electron chi connectivity index (χ4n) is 0.870. The van der Waals surface area contributed by atoms with Crippen molar-refractivity contribution in [2.45, 2.75) is 0 Å². The molecule has 4 nitrogen and oxygen atoms in total. The number of hydrogen-bond donors (Lipinski definition) is 1. The molecule has 0 fully saturated rings. The molecule has 50 valence electrons. The third-order valence-electron chi connectivity index (χ3n) is 1.33. The molecule has 0 atom stereocenters. The normalized spacial score (nSPS) is 20.3. The summed E-state index contributed by atoms with van der Waals surface area (Å²) in [6.45, 7) is 0.385. The van der Waals surface area contributed by atoms with Crippen molar-refractivity contribution in [2.24, 2.45) is 20.7 Å². The van der Waals surface area contributed by atoms with Gasteiger partial charge in [-0.15, -0.1) is 0 Å². The average molecular weight is 134 g/mol. The molecule has 4 heteroatoms. The zero-order valence-corrected chi connectivity index (χ0v) is 5.28. The average Bonchev–Trinajstić information content (AvgIpc) is 2.42. The van der Waals surface area contributed by atoms with Crippen molar-refractivity contribution in [3.63, 3.8) is 0 Å². The van der Waals surface area contributed by atoms with Crippen LogP contribution in [-0.4, -0.2) is 23.9 Å². The Morgan fingerprint density at radius 2 is 2.30 bits per heavy atom. The highest BCUT2D eigenvalue weighted by molar-refractivity contribution is 6.52. The second kappa shape index (κ2) is 1.85. The van der Waals surface area contributed by atoms with E-state index in [4.69, 9.17) is 5.73 Å². The molecular weight excluding hydrogens is 128 g/mol. The summed E-state index contributed by atoms with van der Waals surface area (Å²) in [6.07, 6.45) is 3.51. The Hall–Kier alpha value is -1.29. The largest absolute Gasteiger partial charge is 0.324 e. The molecule has 0 saturated heterocycles. The predicted octanol–water partition coefficient (Wildman–Crippen LogP) is -0.276. The number of fused-ring (bicyclic) bond motifs is 1. The van der Waals surface area contributed by atoms with Gasteiger partial charge in [-0.05, 0) is 6.08 Å². The third-order valence-corrected chi connectivity index (χ3v) is 1.33. The van der Waals surface area contributed by atoms with Crippen molar-refractivity contribution in [1.82, 2.24) is 0 Å². The number of rotatable bonds is 1. The maximum atomic E-state index is 5.32. The van der Waals surface area contributed by atoms with Crippen LogP contribution in [0.4, 0.5) is 0 Å². The lowest BCUT2D eigenvalue weighted by molar-refractivity contribution is 1.28. The Kier molecular flexibility index (Phi) is 1.01. The Labute approximate surface area is 57.9 Å². The van der Waals surface area contributed by atoms with Crippen molar-refractivity contribution in [3.05, 3.63) is 12.3 Å². The number of hydrogen-bond acceptors (Lipinski definition) is 4. The lowest BCUT2D eigenvalue weighted by Crippen LogP contribution is -2.09. The monoisotopic (exact) mass is 134 g/mol. The molecule has 2 N–H and O–H groups in total. The van der Waals surface area contributed by atoms with Gasteiger partial charge in [0, 0.05) is 6.20 Å². The fraction of sp³-hybridized carbons (Fsp3) is 0.167. The summed E-state index contributed by atoms with van der Waals surface area (Å²) >= 11 is 0. The minimum absolute atomic E-state index is 0.385. The molecule has 0 amide bonds. The van der Waals surface area contributed by atoms with Crippen LogP contribution in [0.3, 0.4) is 0 Å². The van der Waals surface area contributed by atoms with Gasteiger partial charge in [0.15, 0.2) is 5.84 Å². The second-order valence-electron chi connectivity index (χ2n) is 2.00. The second-order valence-corrected chi connectivity index (χ2v) is 2.00. The highest BCUT2D eigenvalue weighted by Crippen LogP contribution is 2.06. The Morgan fingerprint density at radius 1 is 1.40 bits per heavy atom. The van der Waals surface area contributed by atoms with Gasteiger partial charge in [-0.1, -0.05) is 0 Å². The number of amidine groups is 2. The maximum Gasteiger partial charge on any atom is 0.180 e.